The van der Waals surface area contributed by atoms with E-state index in [-0.39, 0.29) is 6.10 Å². The van der Waals surface area contributed by atoms with E-state index < -0.39 is 0 Å². The molecule has 0 aromatic rings. The summed E-state index contributed by atoms with van der Waals surface area (Å²) in [4.78, 5) is 0. The van der Waals surface area contributed by atoms with Crippen molar-refractivity contribution in [3.05, 3.63) is 0 Å². The summed E-state index contributed by atoms with van der Waals surface area (Å²) in [6.45, 7) is 8.67. The van der Waals surface area contributed by atoms with Gasteiger partial charge in [0.1, 0.15) is 0 Å². The van der Waals surface area contributed by atoms with Crippen molar-refractivity contribution < 1.29 is 9.47 Å². The van der Waals surface area contributed by atoms with Gasteiger partial charge in [0.2, 0.25) is 0 Å². The maximum absolute atomic E-state index is 5.35. The van der Waals surface area contributed by atoms with Gasteiger partial charge in [0, 0.05) is 26.8 Å². The summed E-state index contributed by atoms with van der Waals surface area (Å²) < 4.78 is 10.4. The molecular weight excluding hydrogens is 154 g/mol. The molecule has 0 saturated heterocycles. The zero-order valence-corrected chi connectivity index (χ0v) is 8.59. The van der Waals surface area contributed by atoms with Gasteiger partial charge in [0.05, 0.1) is 12.2 Å². The lowest BCUT2D eigenvalue weighted by Crippen LogP contribution is -2.32. The minimum Gasteiger partial charge on any atom is -0.380 e. The molecule has 0 amide bonds. The Morgan fingerprint density at radius 2 is 1.75 bits per heavy atom. The normalized spacial score (nSPS) is 16.0. The van der Waals surface area contributed by atoms with E-state index in [4.69, 9.17) is 9.47 Å². The van der Waals surface area contributed by atoms with Crippen LogP contribution in [-0.2, 0) is 9.47 Å². The Labute approximate surface area is 75.4 Å². The van der Waals surface area contributed by atoms with Crippen LogP contribution in [0.2, 0.25) is 0 Å². The van der Waals surface area contributed by atoms with Crippen LogP contribution in [0.25, 0.3) is 0 Å². The Morgan fingerprint density at radius 3 is 2.25 bits per heavy atom. The lowest BCUT2D eigenvalue weighted by Gasteiger charge is -2.14. The number of hydrogen-bond acceptors (Lipinski definition) is 3. The fraction of sp³-hybridized carbons (Fsp3) is 1.00. The molecule has 2 atom stereocenters. The van der Waals surface area contributed by atoms with E-state index >= 15 is 0 Å². The van der Waals surface area contributed by atoms with Crippen LogP contribution in [0.4, 0.5) is 0 Å². The Bertz CT molecular complexity index is 98.5. The molecule has 0 aliphatic heterocycles. The number of ether oxygens (including phenoxy) is 2. The van der Waals surface area contributed by atoms with Gasteiger partial charge in [0.25, 0.3) is 0 Å². The van der Waals surface area contributed by atoms with E-state index in [0.717, 1.165) is 19.7 Å². The highest BCUT2D eigenvalue weighted by molar-refractivity contribution is 4.58. The molecule has 0 rings (SSSR count). The third-order valence-electron chi connectivity index (χ3n) is 1.72. The van der Waals surface area contributed by atoms with Crippen LogP contribution in [0.1, 0.15) is 20.8 Å². The molecular formula is C9H21NO2. The summed E-state index contributed by atoms with van der Waals surface area (Å²) in [5.41, 5.74) is 0. The molecule has 3 heteroatoms. The molecule has 0 bridgehead atoms. The minimum atomic E-state index is 0.277. The second-order valence-electron chi connectivity index (χ2n) is 2.97. The molecule has 0 fully saturated rings. The first kappa shape index (κ1) is 11.9. The average molecular weight is 175 g/mol. The smallest absolute Gasteiger partial charge is 0.0671 e. The van der Waals surface area contributed by atoms with Crippen molar-refractivity contribution in [1.29, 1.82) is 0 Å². The summed E-state index contributed by atoms with van der Waals surface area (Å²) in [7, 11) is 1.72. The van der Waals surface area contributed by atoms with Gasteiger partial charge in [-0.2, -0.15) is 0 Å². The van der Waals surface area contributed by atoms with Crippen molar-refractivity contribution in [2.45, 2.75) is 33.0 Å². The summed E-state index contributed by atoms with van der Waals surface area (Å²) in [5.74, 6) is 0. The van der Waals surface area contributed by atoms with Crippen LogP contribution < -0.4 is 5.32 Å². The van der Waals surface area contributed by atoms with Crippen molar-refractivity contribution in [1.82, 2.24) is 5.32 Å². The molecule has 0 spiro atoms. The average Bonchev–Trinajstić information content (AvgIpc) is 2.04. The van der Waals surface area contributed by atoms with Crippen molar-refractivity contribution in [3.63, 3.8) is 0 Å². The molecule has 1 N–H and O–H groups in total. The van der Waals surface area contributed by atoms with Gasteiger partial charge in [-0.05, 0) is 20.8 Å². The summed E-state index contributed by atoms with van der Waals surface area (Å²) >= 11 is 0. The van der Waals surface area contributed by atoms with Gasteiger partial charge in [-0.25, -0.2) is 0 Å². The Balaban J connectivity index is 3.18. The lowest BCUT2D eigenvalue weighted by molar-refractivity contribution is 0.0690. The van der Waals surface area contributed by atoms with E-state index in [0.29, 0.717) is 6.10 Å². The van der Waals surface area contributed by atoms with Gasteiger partial charge in [-0.15, -0.1) is 0 Å². The van der Waals surface area contributed by atoms with Crippen molar-refractivity contribution >= 4 is 0 Å². The highest BCUT2D eigenvalue weighted by Gasteiger charge is 2.01. The first-order valence-corrected chi connectivity index (χ1v) is 4.55. The fourth-order valence-electron chi connectivity index (χ4n) is 0.917. The van der Waals surface area contributed by atoms with Crippen LogP contribution in [0.5, 0.6) is 0 Å². The molecule has 0 heterocycles. The largest absolute Gasteiger partial charge is 0.380 e. The summed E-state index contributed by atoms with van der Waals surface area (Å²) in [6, 6.07) is 0. The molecule has 0 aromatic heterocycles. The van der Waals surface area contributed by atoms with Crippen molar-refractivity contribution in [3.8, 4) is 0 Å². The third kappa shape index (κ3) is 6.58. The Hall–Kier alpha value is -0.120. The quantitative estimate of drug-likeness (QED) is 0.627. The molecule has 3 nitrogen and oxygen atoms in total. The van der Waals surface area contributed by atoms with Gasteiger partial charge in [-0.3, -0.25) is 0 Å². The number of rotatable bonds is 7. The molecule has 0 aliphatic carbocycles. The van der Waals surface area contributed by atoms with Crippen molar-refractivity contribution in [2.24, 2.45) is 0 Å². The first-order chi connectivity index (χ1) is 5.70. The van der Waals surface area contributed by atoms with E-state index in [1.165, 1.54) is 0 Å². The zero-order chi connectivity index (χ0) is 9.40. The predicted molar refractivity (Wildman–Crippen MR) is 50.4 cm³/mol. The van der Waals surface area contributed by atoms with Gasteiger partial charge >= 0.3 is 0 Å². The molecule has 0 radical (unpaired) electrons. The molecule has 2 unspecified atom stereocenters. The first-order valence-electron chi connectivity index (χ1n) is 4.55. The lowest BCUT2D eigenvalue weighted by atomic mass is 10.3. The van der Waals surface area contributed by atoms with Crippen LogP contribution in [-0.4, -0.2) is 39.0 Å². The molecule has 0 aromatic carbocycles. The topological polar surface area (TPSA) is 30.5 Å². The molecule has 74 valence electrons. The van der Waals surface area contributed by atoms with Gasteiger partial charge < -0.3 is 14.8 Å². The second-order valence-corrected chi connectivity index (χ2v) is 2.97. The summed E-state index contributed by atoms with van der Waals surface area (Å²) in [6.07, 6.45) is 0.567. The monoisotopic (exact) mass is 175 g/mol. The fourth-order valence-corrected chi connectivity index (χ4v) is 0.917. The van der Waals surface area contributed by atoms with E-state index in [1.54, 1.807) is 7.11 Å². The zero-order valence-electron chi connectivity index (χ0n) is 8.59. The van der Waals surface area contributed by atoms with Crippen LogP contribution in [0.15, 0.2) is 0 Å². The van der Waals surface area contributed by atoms with Gasteiger partial charge in [-0.1, -0.05) is 0 Å². The molecule has 0 saturated carbocycles. The maximum atomic E-state index is 5.35. The number of hydrogen-bond donors (Lipinski definition) is 1. The standard InChI is InChI=1S/C9H21NO2/c1-5-12-9(3)7-10-6-8(2)11-4/h8-10H,5-7H2,1-4H3. The van der Waals surface area contributed by atoms with Crippen LogP contribution >= 0.6 is 0 Å². The predicted octanol–water partition coefficient (Wildman–Crippen LogP) is 1.04. The molecule has 12 heavy (non-hydrogen) atoms. The SMILES string of the molecule is CCOC(C)CNCC(C)OC. The summed E-state index contributed by atoms with van der Waals surface area (Å²) in [5, 5.41) is 3.27. The van der Waals surface area contributed by atoms with E-state index in [2.05, 4.69) is 12.2 Å². The Morgan fingerprint density at radius 1 is 1.17 bits per heavy atom. The molecule has 0 aliphatic rings. The van der Waals surface area contributed by atoms with Crippen LogP contribution in [0.3, 0.4) is 0 Å². The Kier molecular flexibility index (Phi) is 7.45. The number of nitrogens with one attached hydrogen (secondary N) is 1. The number of methoxy groups -OCH3 is 1. The third-order valence-corrected chi connectivity index (χ3v) is 1.72. The van der Waals surface area contributed by atoms with E-state index in [9.17, 15) is 0 Å². The minimum absolute atomic E-state index is 0.277. The van der Waals surface area contributed by atoms with Gasteiger partial charge in [0.15, 0.2) is 0 Å². The van der Waals surface area contributed by atoms with Crippen LogP contribution in [0, 0.1) is 0 Å². The van der Waals surface area contributed by atoms with E-state index in [1.807, 2.05) is 13.8 Å². The second kappa shape index (κ2) is 7.53. The maximum Gasteiger partial charge on any atom is 0.0671 e. The van der Waals surface area contributed by atoms with Crippen molar-refractivity contribution in [2.75, 3.05) is 26.8 Å². The highest BCUT2D eigenvalue weighted by Crippen LogP contribution is 1.88. The highest BCUT2D eigenvalue weighted by atomic mass is 16.5.